The van der Waals surface area contributed by atoms with Crippen molar-refractivity contribution >= 4 is 11.9 Å². The van der Waals surface area contributed by atoms with Crippen LogP contribution in [0.1, 0.15) is 52.7 Å². The van der Waals surface area contributed by atoms with Gasteiger partial charge in [0.2, 0.25) is 0 Å². The normalized spacial score (nSPS) is 23.0. The van der Waals surface area contributed by atoms with E-state index < -0.39 is 23.8 Å². The van der Waals surface area contributed by atoms with Gasteiger partial charge >= 0.3 is 12.3 Å². The first kappa shape index (κ1) is 21.4. The molecule has 7 heteroatoms. The molecule has 0 radical (unpaired) electrons. The second kappa shape index (κ2) is 8.36. The number of nitrogens with zero attached hydrogens (tertiary/aromatic N) is 1. The summed E-state index contributed by atoms with van der Waals surface area (Å²) >= 11 is 0. The second-order valence-electron chi connectivity index (χ2n) is 8.39. The van der Waals surface area contributed by atoms with Gasteiger partial charge in [0.25, 0.3) is 0 Å². The first-order chi connectivity index (χ1) is 14.7. The summed E-state index contributed by atoms with van der Waals surface area (Å²) in [6.45, 7) is 1.83. The number of hydrogen-bond donors (Lipinski definition) is 0. The van der Waals surface area contributed by atoms with Crippen molar-refractivity contribution in [2.75, 3.05) is 0 Å². The predicted molar refractivity (Wildman–Crippen MR) is 109 cm³/mol. The Balaban J connectivity index is 1.44. The molecule has 2 fully saturated rings. The summed E-state index contributed by atoms with van der Waals surface area (Å²) in [5, 5.41) is 0. The molecule has 2 aromatic carbocycles. The summed E-state index contributed by atoms with van der Waals surface area (Å²) in [6, 6.07) is 12.5. The Hall–Kier alpha value is -2.83. The predicted octanol–water partition coefficient (Wildman–Crippen LogP) is 5.78. The highest BCUT2D eigenvalue weighted by Gasteiger charge is 2.46. The van der Waals surface area contributed by atoms with Crippen LogP contribution in [-0.2, 0) is 17.5 Å². The maximum absolute atomic E-state index is 13.1. The minimum atomic E-state index is -4.49. The summed E-state index contributed by atoms with van der Waals surface area (Å²) in [4.78, 5) is 27.5. The number of ether oxygens (including phenoxy) is 1. The van der Waals surface area contributed by atoms with E-state index in [1.54, 1.807) is 11.8 Å². The molecule has 31 heavy (non-hydrogen) atoms. The van der Waals surface area contributed by atoms with Crippen molar-refractivity contribution in [1.82, 2.24) is 4.90 Å². The molecule has 2 atom stereocenters. The van der Waals surface area contributed by atoms with Crippen LogP contribution < -0.4 is 0 Å². The van der Waals surface area contributed by atoms with Gasteiger partial charge in [0, 0.05) is 23.6 Å². The zero-order chi connectivity index (χ0) is 22.2. The average molecular weight is 431 g/mol. The molecule has 2 aliphatic heterocycles. The number of hydrogen-bond acceptors (Lipinski definition) is 3. The number of rotatable bonds is 4. The molecule has 0 saturated carbocycles. The third-order valence-corrected chi connectivity index (χ3v) is 6.35. The smallest absolute Gasteiger partial charge is 0.416 e. The van der Waals surface area contributed by atoms with E-state index in [-0.39, 0.29) is 30.0 Å². The fraction of sp³-hybridized carbons (Fsp3) is 0.417. The minimum absolute atomic E-state index is 0.123. The molecule has 0 spiro atoms. The van der Waals surface area contributed by atoms with Crippen LogP contribution in [0.3, 0.4) is 0 Å². The molecule has 2 aromatic rings. The lowest BCUT2D eigenvalue weighted by molar-refractivity contribution is -0.137. The third-order valence-electron chi connectivity index (χ3n) is 6.35. The average Bonchev–Trinajstić information content (AvgIpc) is 3.01. The highest BCUT2D eigenvalue weighted by atomic mass is 19.4. The van der Waals surface area contributed by atoms with Crippen LogP contribution in [0.15, 0.2) is 48.5 Å². The van der Waals surface area contributed by atoms with Gasteiger partial charge in [0.15, 0.2) is 5.78 Å². The molecule has 0 aromatic heterocycles. The molecular formula is C24H24F3NO3. The lowest BCUT2D eigenvalue weighted by atomic mass is 9.83. The van der Waals surface area contributed by atoms with E-state index in [4.69, 9.17) is 4.74 Å². The zero-order valence-corrected chi connectivity index (χ0v) is 17.2. The topological polar surface area (TPSA) is 46.6 Å². The van der Waals surface area contributed by atoms with Crippen LogP contribution in [0, 0.1) is 12.8 Å². The number of benzene rings is 2. The maximum atomic E-state index is 13.1. The fourth-order valence-corrected chi connectivity index (χ4v) is 4.77. The van der Waals surface area contributed by atoms with Crippen LogP contribution >= 0.6 is 0 Å². The van der Waals surface area contributed by atoms with Crippen molar-refractivity contribution in [3.05, 3.63) is 70.8 Å². The number of fused-ring (bicyclic) bond motifs is 2. The lowest BCUT2D eigenvalue weighted by Crippen LogP contribution is -2.48. The van der Waals surface area contributed by atoms with Gasteiger partial charge in [0.1, 0.15) is 6.61 Å². The SMILES string of the molecule is Cc1ccc(C(F)(F)F)cc1C(=O)C1CC2CCC(C1)N2C(=O)OCc1ccccc1. The van der Waals surface area contributed by atoms with E-state index in [1.165, 1.54) is 6.07 Å². The van der Waals surface area contributed by atoms with E-state index in [9.17, 15) is 22.8 Å². The number of Topliss-reactive ketones (excluding diaryl/α,β-unsaturated/α-hetero) is 1. The molecular weight excluding hydrogens is 407 g/mol. The van der Waals surface area contributed by atoms with Gasteiger partial charge in [-0.05, 0) is 55.9 Å². The number of alkyl halides is 3. The van der Waals surface area contributed by atoms with Crippen molar-refractivity contribution in [3.8, 4) is 0 Å². The van der Waals surface area contributed by atoms with Crippen molar-refractivity contribution in [2.24, 2.45) is 5.92 Å². The molecule has 4 rings (SSSR count). The molecule has 2 saturated heterocycles. The Morgan fingerprint density at radius 2 is 1.68 bits per heavy atom. The van der Waals surface area contributed by atoms with Gasteiger partial charge in [-0.25, -0.2) is 4.79 Å². The van der Waals surface area contributed by atoms with Crippen LogP contribution in [0.5, 0.6) is 0 Å². The first-order valence-electron chi connectivity index (χ1n) is 10.4. The Bertz CT molecular complexity index is 960. The van der Waals surface area contributed by atoms with Gasteiger partial charge in [-0.1, -0.05) is 36.4 Å². The Labute approximate surface area is 179 Å². The van der Waals surface area contributed by atoms with E-state index in [1.807, 2.05) is 30.3 Å². The Morgan fingerprint density at radius 1 is 1.03 bits per heavy atom. The van der Waals surface area contributed by atoms with Gasteiger partial charge in [-0.15, -0.1) is 0 Å². The highest BCUT2D eigenvalue weighted by molar-refractivity contribution is 5.99. The molecule has 0 N–H and O–H groups in total. The van der Waals surface area contributed by atoms with Crippen LogP contribution in [0.4, 0.5) is 18.0 Å². The highest BCUT2D eigenvalue weighted by Crippen LogP contribution is 2.41. The lowest BCUT2D eigenvalue weighted by Gasteiger charge is -2.37. The molecule has 0 aliphatic carbocycles. The monoisotopic (exact) mass is 431 g/mol. The number of amides is 1. The number of piperidine rings is 1. The summed E-state index contributed by atoms with van der Waals surface area (Å²) in [7, 11) is 0. The molecule has 2 bridgehead atoms. The van der Waals surface area contributed by atoms with E-state index in [2.05, 4.69) is 0 Å². The minimum Gasteiger partial charge on any atom is -0.445 e. The molecule has 2 heterocycles. The van der Waals surface area contributed by atoms with Gasteiger partial charge in [-0.3, -0.25) is 4.79 Å². The van der Waals surface area contributed by atoms with Crippen molar-refractivity contribution < 1.29 is 27.5 Å². The van der Waals surface area contributed by atoms with Crippen LogP contribution in [0.2, 0.25) is 0 Å². The van der Waals surface area contributed by atoms with E-state index in [0.717, 1.165) is 30.5 Å². The Kier molecular flexibility index (Phi) is 5.77. The maximum Gasteiger partial charge on any atom is 0.416 e. The summed E-state index contributed by atoms with van der Waals surface area (Å²) < 4.78 is 44.8. The van der Waals surface area contributed by atoms with Crippen molar-refractivity contribution in [3.63, 3.8) is 0 Å². The van der Waals surface area contributed by atoms with Gasteiger partial charge in [-0.2, -0.15) is 13.2 Å². The number of aryl methyl sites for hydroxylation is 1. The largest absolute Gasteiger partial charge is 0.445 e. The number of carbonyl (C=O) groups is 2. The summed E-state index contributed by atoms with van der Waals surface area (Å²) in [5.74, 6) is -0.657. The van der Waals surface area contributed by atoms with E-state index in [0.29, 0.717) is 18.4 Å². The quantitative estimate of drug-likeness (QED) is 0.577. The molecule has 2 unspecified atom stereocenters. The Morgan fingerprint density at radius 3 is 2.29 bits per heavy atom. The van der Waals surface area contributed by atoms with Gasteiger partial charge < -0.3 is 9.64 Å². The molecule has 2 aliphatic rings. The van der Waals surface area contributed by atoms with E-state index >= 15 is 0 Å². The van der Waals surface area contributed by atoms with Crippen LogP contribution in [-0.4, -0.2) is 28.9 Å². The van der Waals surface area contributed by atoms with Gasteiger partial charge in [0.05, 0.1) is 5.56 Å². The first-order valence-corrected chi connectivity index (χ1v) is 10.4. The zero-order valence-electron chi connectivity index (χ0n) is 17.2. The molecule has 1 amide bonds. The number of halogens is 3. The molecule has 164 valence electrons. The van der Waals surface area contributed by atoms with Crippen molar-refractivity contribution in [1.29, 1.82) is 0 Å². The van der Waals surface area contributed by atoms with Crippen LogP contribution in [0.25, 0.3) is 0 Å². The number of ketones is 1. The number of carbonyl (C=O) groups excluding carboxylic acids is 2. The summed E-state index contributed by atoms with van der Waals surface area (Å²) in [6.07, 6.45) is -2.44. The standard InChI is InChI=1S/C24H24F3NO3/c1-15-7-8-18(24(25,26)27)13-21(15)22(29)17-11-19-9-10-20(12-17)28(19)23(30)31-14-16-5-3-2-4-6-16/h2-8,13,17,19-20H,9-12,14H2,1H3. The van der Waals surface area contributed by atoms with Crippen molar-refractivity contribution in [2.45, 2.75) is 57.5 Å². The molecule has 4 nitrogen and oxygen atoms in total. The third kappa shape index (κ3) is 4.45. The summed E-state index contributed by atoms with van der Waals surface area (Å²) in [5.41, 5.74) is 0.744. The second-order valence-corrected chi connectivity index (χ2v) is 8.39. The fourth-order valence-electron chi connectivity index (χ4n) is 4.77.